The van der Waals surface area contributed by atoms with Crippen molar-refractivity contribution in [1.82, 2.24) is 0 Å². The molecule has 0 aliphatic heterocycles. The Labute approximate surface area is 60.5 Å². The van der Waals surface area contributed by atoms with Gasteiger partial charge in [0.15, 0.2) is 0 Å². The van der Waals surface area contributed by atoms with Gasteiger partial charge in [0.2, 0.25) is 0 Å². The van der Waals surface area contributed by atoms with Crippen molar-refractivity contribution in [2.45, 2.75) is 25.1 Å². The maximum absolute atomic E-state index is 2.31. The summed E-state index contributed by atoms with van der Waals surface area (Å²) in [5.74, 6) is 0. The van der Waals surface area contributed by atoms with Crippen LogP contribution in [0.5, 0.6) is 0 Å². The van der Waals surface area contributed by atoms with E-state index in [0.717, 1.165) is 10.5 Å². The molecule has 0 heterocycles. The van der Waals surface area contributed by atoms with Gasteiger partial charge >= 0.3 is 61.0 Å². The van der Waals surface area contributed by atoms with E-state index in [4.69, 9.17) is 0 Å². The maximum atomic E-state index is 2.31. The van der Waals surface area contributed by atoms with E-state index in [-0.39, 0.29) is 0 Å². The summed E-state index contributed by atoms with van der Waals surface area (Å²) in [5.41, 5.74) is 0. The molecule has 32 valence electrons. The van der Waals surface area contributed by atoms with Crippen LogP contribution < -0.4 is 0 Å². The average molecular weight is 159 g/mol. The third kappa shape index (κ3) is 5.52. The van der Waals surface area contributed by atoms with E-state index >= 15 is 0 Å². The molecule has 0 unspecified atom stereocenters. The Morgan fingerprint density at radius 1 is 1.33 bits per heavy atom. The van der Waals surface area contributed by atoms with Crippen LogP contribution in [0.4, 0.5) is 0 Å². The van der Waals surface area contributed by atoms with Gasteiger partial charge in [0, 0.05) is 0 Å². The Morgan fingerprint density at radius 3 is 1.50 bits per heavy atom. The summed E-state index contributed by atoms with van der Waals surface area (Å²) in [6, 6.07) is 0. The van der Waals surface area contributed by atoms with Crippen molar-refractivity contribution >= 4 is 35.9 Å². The van der Waals surface area contributed by atoms with Crippen molar-refractivity contribution in [3.05, 3.63) is 0 Å². The predicted molar refractivity (Wildman–Crippen MR) is 31.2 cm³/mol. The first-order valence-corrected chi connectivity index (χ1v) is 8.92. The molecule has 0 amide bonds. The van der Waals surface area contributed by atoms with Crippen LogP contribution in [0.15, 0.2) is 0 Å². The van der Waals surface area contributed by atoms with Crippen LogP contribution in [0.2, 0.25) is 4.31 Å². The normalized spacial score (nSPS) is 12.2. The molecular formula is C4H9NaSe. The second-order valence-electron chi connectivity index (χ2n) is 2.32. The SMILES string of the molecule is CC(C)(C)[Se][Na]. The summed E-state index contributed by atoms with van der Waals surface area (Å²) < 4.78 is 0.666. The molecule has 0 spiro atoms. The fourth-order valence-corrected chi connectivity index (χ4v) is 0. The van der Waals surface area contributed by atoms with Crippen LogP contribution in [0.3, 0.4) is 0 Å². The van der Waals surface area contributed by atoms with E-state index in [0.29, 0.717) is 4.31 Å². The topological polar surface area (TPSA) is 0 Å². The summed E-state index contributed by atoms with van der Waals surface area (Å²) in [5, 5.41) is 0. The fraction of sp³-hybridized carbons (Fsp3) is 1.00. The molecule has 0 aliphatic rings. The van der Waals surface area contributed by atoms with Crippen LogP contribution >= 0.6 is 0 Å². The third-order valence-corrected chi connectivity index (χ3v) is 9.55. The number of hydrogen-bond donors (Lipinski definition) is 0. The third-order valence-electron chi connectivity index (χ3n) is 0.612. The van der Waals surface area contributed by atoms with Crippen molar-refractivity contribution in [2.75, 3.05) is 0 Å². The molecule has 0 aromatic carbocycles. The van der Waals surface area contributed by atoms with Crippen LogP contribution in [-0.2, 0) is 0 Å². The van der Waals surface area contributed by atoms with Gasteiger partial charge in [0.25, 0.3) is 0 Å². The van der Waals surface area contributed by atoms with E-state index in [1.165, 1.54) is 25.4 Å². The number of hydrogen-bond acceptors (Lipinski definition) is 0. The van der Waals surface area contributed by atoms with Crippen molar-refractivity contribution in [1.29, 1.82) is 0 Å². The van der Waals surface area contributed by atoms with Crippen molar-refractivity contribution in [3.63, 3.8) is 0 Å². The molecule has 0 saturated heterocycles. The van der Waals surface area contributed by atoms with Gasteiger partial charge in [0.1, 0.15) is 0 Å². The standard InChI is InChI=1S/C4H10Se.Na/c1-4(2,3)5;/h5H,1-3H3;/q;+1/p-1. The van der Waals surface area contributed by atoms with E-state index in [1.54, 1.807) is 0 Å². The molecule has 0 rings (SSSR count). The molecule has 6 heavy (non-hydrogen) atoms. The summed E-state index contributed by atoms with van der Waals surface area (Å²) in [7, 11) is 0.951. The van der Waals surface area contributed by atoms with Crippen LogP contribution in [0.25, 0.3) is 0 Å². The molecule has 0 nitrogen and oxygen atoms in total. The molecule has 0 aromatic rings. The van der Waals surface area contributed by atoms with Gasteiger partial charge < -0.3 is 0 Å². The van der Waals surface area contributed by atoms with E-state index in [9.17, 15) is 0 Å². The zero-order valence-corrected chi connectivity index (χ0v) is 8.62. The Bertz CT molecular complexity index is 37.3. The molecule has 0 atom stereocenters. The quantitative estimate of drug-likeness (QED) is 0.462. The first-order valence-electron chi connectivity index (χ1n) is 2.11. The van der Waals surface area contributed by atoms with Gasteiger partial charge in [-0.15, -0.1) is 0 Å². The van der Waals surface area contributed by atoms with E-state index in [1.807, 2.05) is 0 Å². The molecule has 2 heteroatoms. The van der Waals surface area contributed by atoms with Crippen molar-refractivity contribution < 1.29 is 0 Å². The van der Waals surface area contributed by atoms with Gasteiger partial charge in [0.05, 0.1) is 0 Å². The second-order valence-corrected chi connectivity index (χ2v) is 7.86. The van der Waals surface area contributed by atoms with Crippen molar-refractivity contribution in [3.8, 4) is 0 Å². The molecular weight excluding hydrogens is 150 g/mol. The average Bonchev–Trinajstić information content (AvgIpc) is 1.35. The first kappa shape index (κ1) is 7.52. The Balaban J connectivity index is 3.17. The summed E-state index contributed by atoms with van der Waals surface area (Å²) in [6.07, 6.45) is 0. The number of rotatable bonds is 0. The Kier molecular flexibility index (Phi) is 3.43. The van der Waals surface area contributed by atoms with Gasteiger partial charge in [-0.3, -0.25) is 0 Å². The van der Waals surface area contributed by atoms with Gasteiger partial charge in [-0.2, -0.15) is 0 Å². The van der Waals surface area contributed by atoms with E-state index < -0.39 is 0 Å². The molecule has 0 aliphatic carbocycles. The minimum absolute atomic E-state index is 0.666. The first-order chi connectivity index (χ1) is 2.56. The second kappa shape index (κ2) is 2.74. The van der Waals surface area contributed by atoms with Crippen LogP contribution in [0, 0.1) is 0 Å². The van der Waals surface area contributed by atoms with Gasteiger partial charge in [-0.05, 0) is 0 Å². The zero-order chi connectivity index (χ0) is 5.21. The van der Waals surface area contributed by atoms with E-state index in [2.05, 4.69) is 20.8 Å². The Morgan fingerprint density at radius 2 is 1.50 bits per heavy atom. The minimum atomic E-state index is 0.666. The fourth-order valence-electron chi connectivity index (χ4n) is 0. The molecule has 0 bridgehead atoms. The summed E-state index contributed by atoms with van der Waals surface area (Å²) in [4.78, 5) is 0. The predicted octanol–water partition coefficient (Wildman–Crippen LogP) is 0.992. The zero-order valence-electron chi connectivity index (χ0n) is 4.91. The van der Waals surface area contributed by atoms with Crippen LogP contribution in [0.1, 0.15) is 20.8 Å². The summed E-state index contributed by atoms with van der Waals surface area (Å²) >= 11 is 1.41. The molecule has 0 N–H and O–H groups in total. The summed E-state index contributed by atoms with van der Waals surface area (Å²) in [6.45, 7) is 6.92. The molecule has 0 fully saturated rings. The Hall–Kier alpha value is 1.52. The monoisotopic (exact) mass is 160 g/mol. The molecule has 0 saturated carbocycles. The van der Waals surface area contributed by atoms with Crippen molar-refractivity contribution in [2.24, 2.45) is 0 Å². The molecule has 0 aromatic heterocycles. The molecule has 0 radical (unpaired) electrons. The van der Waals surface area contributed by atoms with Gasteiger partial charge in [-0.1, -0.05) is 0 Å². The van der Waals surface area contributed by atoms with Gasteiger partial charge in [-0.25, -0.2) is 0 Å². The van der Waals surface area contributed by atoms with Crippen LogP contribution in [-0.4, -0.2) is 35.9 Å².